The number of ether oxygens (including phenoxy) is 2. The van der Waals surface area contributed by atoms with Crippen molar-refractivity contribution in [1.82, 2.24) is 0 Å². The van der Waals surface area contributed by atoms with Gasteiger partial charge in [0.1, 0.15) is 53.9 Å². The van der Waals surface area contributed by atoms with Crippen LogP contribution in [-0.2, 0) is 11.2 Å². The molecule has 3 unspecified atom stereocenters. The summed E-state index contributed by atoms with van der Waals surface area (Å²) in [7, 11) is 0. The fourth-order valence-corrected chi connectivity index (χ4v) is 4.15. The number of hydrogen-bond donors (Lipinski definition) is 9. The van der Waals surface area contributed by atoms with Crippen LogP contribution in [0.1, 0.15) is 28.9 Å². The second-order valence-electron chi connectivity index (χ2n) is 7.94. The molecule has 4 rings (SSSR count). The molecule has 0 bridgehead atoms. The van der Waals surface area contributed by atoms with E-state index in [9.17, 15) is 46.0 Å². The number of benzene rings is 2. The first kappa shape index (κ1) is 22.4. The highest BCUT2D eigenvalue weighted by atomic mass is 16.5. The summed E-state index contributed by atoms with van der Waals surface area (Å²) >= 11 is 0. The van der Waals surface area contributed by atoms with Crippen molar-refractivity contribution >= 4 is 0 Å². The molecule has 2 aromatic rings. The van der Waals surface area contributed by atoms with Crippen molar-refractivity contribution in [2.45, 2.75) is 49.1 Å². The summed E-state index contributed by atoms with van der Waals surface area (Å²) < 4.78 is 11.2. The van der Waals surface area contributed by atoms with Gasteiger partial charge in [0.15, 0.2) is 11.5 Å². The zero-order valence-electron chi connectivity index (χ0n) is 16.6. The highest BCUT2D eigenvalue weighted by Gasteiger charge is 2.46. The van der Waals surface area contributed by atoms with Crippen LogP contribution >= 0.6 is 0 Å². The van der Waals surface area contributed by atoms with Crippen LogP contribution < -0.4 is 4.74 Å². The minimum atomic E-state index is -1.73. The summed E-state index contributed by atoms with van der Waals surface area (Å²) in [6.45, 7) is -0.684. The Kier molecular flexibility index (Phi) is 5.79. The average molecular weight is 452 g/mol. The fourth-order valence-electron chi connectivity index (χ4n) is 4.15. The van der Waals surface area contributed by atoms with Crippen LogP contribution in [-0.4, -0.2) is 83.1 Å². The molecule has 0 aliphatic carbocycles. The number of phenolic OH excluding ortho intramolecular Hbond substituents is 4. The minimum Gasteiger partial charge on any atom is -0.507 e. The molecule has 2 aromatic carbocycles. The van der Waals surface area contributed by atoms with Gasteiger partial charge in [-0.3, -0.25) is 0 Å². The number of aromatic hydroxyl groups is 4. The van der Waals surface area contributed by atoms with Gasteiger partial charge in [-0.2, -0.15) is 0 Å². The zero-order valence-corrected chi connectivity index (χ0v) is 16.6. The van der Waals surface area contributed by atoms with E-state index in [2.05, 4.69) is 0 Å². The lowest BCUT2D eigenvalue weighted by molar-refractivity contribution is -0.232. The van der Waals surface area contributed by atoms with Gasteiger partial charge in [-0.05, 0) is 17.7 Å². The van der Waals surface area contributed by atoms with E-state index in [1.54, 1.807) is 0 Å². The molecule has 32 heavy (non-hydrogen) atoms. The number of rotatable bonds is 3. The number of aliphatic hydroxyl groups excluding tert-OH is 5. The predicted octanol–water partition coefficient (Wildman–Crippen LogP) is -0.939. The van der Waals surface area contributed by atoms with Crippen LogP contribution in [0.5, 0.6) is 28.7 Å². The monoisotopic (exact) mass is 452 g/mol. The second-order valence-corrected chi connectivity index (χ2v) is 7.94. The summed E-state index contributed by atoms with van der Waals surface area (Å²) in [6, 6.07) is 5.03. The van der Waals surface area contributed by atoms with Crippen LogP contribution in [0.3, 0.4) is 0 Å². The number of fused-ring (bicyclic) bond motifs is 1. The van der Waals surface area contributed by atoms with E-state index in [1.165, 1.54) is 18.2 Å². The molecule has 0 spiro atoms. The lowest BCUT2D eigenvalue weighted by atomic mass is 9.87. The van der Waals surface area contributed by atoms with Gasteiger partial charge in [-0.25, -0.2) is 0 Å². The number of aliphatic hydroxyl groups is 5. The standard InChI is InChI=1S/C21H24O11/c22-6-14-17(28)18(29)19(30)21(32-14)15-11(25)5-13-8(16(15)27)4-12(26)20(31-13)7-1-2-9(23)10(24)3-7/h1-3,5,12,14,17-30H,4,6H2/t12?,14-,17-,18+,19-,20?,21?/m1/s1. The van der Waals surface area contributed by atoms with Crippen molar-refractivity contribution in [3.8, 4) is 28.7 Å². The molecule has 2 aliphatic heterocycles. The van der Waals surface area contributed by atoms with E-state index >= 15 is 0 Å². The molecule has 7 atom stereocenters. The van der Waals surface area contributed by atoms with Gasteiger partial charge in [0.05, 0.1) is 18.3 Å². The van der Waals surface area contributed by atoms with Crippen molar-refractivity contribution in [3.05, 3.63) is 41.0 Å². The Hall–Kier alpha value is -2.80. The van der Waals surface area contributed by atoms with Crippen molar-refractivity contribution in [3.63, 3.8) is 0 Å². The summed E-state index contributed by atoms with van der Waals surface area (Å²) in [5.41, 5.74) is 0.147. The van der Waals surface area contributed by atoms with E-state index in [4.69, 9.17) is 9.47 Å². The maximum absolute atomic E-state index is 10.8. The molecule has 11 heteroatoms. The molecule has 1 saturated heterocycles. The number of hydrogen-bond acceptors (Lipinski definition) is 11. The lowest BCUT2D eigenvalue weighted by Gasteiger charge is -2.41. The lowest BCUT2D eigenvalue weighted by Crippen LogP contribution is -2.55. The highest BCUT2D eigenvalue weighted by Crippen LogP contribution is 2.49. The first-order chi connectivity index (χ1) is 15.1. The summed E-state index contributed by atoms with van der Waals surface area (Å²) in [5, 5.41) is 90.9. The third-order valence-electron chi connectivity index (χ3n) is 5.90. The normalized spacial score (nSPS) is 32.2. The zero-order chi connectivity index (χ0) is 23.3. The second kappa shape index (κ2) is 8.28. The first-order valence-electron chi connectivity index (χ1n) is 9.88. The van der Waals surface area contributed by atoms with E-state index in [-0.39, 0.29) is 29.0 Å². The maximum Gasteiger partial charge on any atom is 0.157 e. The van der Waals surface area contributed by atoms with Crippen LogP contribution in [0.25, 0.3) is 0 Å². The van der Waals surface area contributed by atoms with E-state index < -0.39 is 66.6 Å². The molecule has 11 nitrogen and oxygen atoms in total. The van der Waals surface area contributed by atoms with Gasteiger partial charge >= 0.3 is 0 Å². The molecule has 0 aromatic heterocycles. The van der Waals surface area contributed by atoms with Gasteiger partial charge in [0, 0.05) is 18.1 Å². The minimum absolute atomic E-state index is 0.0243. The van der Waals surface area contributed by atoms with Crippen molar-refractivity contribution < 1.29 is 55.4 Å². The van der Waals surface area contributed by atoms with Gasteiger partial charge in [-0.1, -0.05) is 6.07 Å². The molecule has 9 N–H and O–H groups in total. The Morgan fingerprint density at radius 2 is 1.53 bits per heavy atom. The van der Waals surface area contributed by atoms with Crippen LogP contribution in [0.2, 0.25) is 0 Å². The highest BCUT2D eigenvalue weighted by molar-refractivity contribution is 5.59. The molecule has 0 amide bonds. The van der Waals surface area contributed by atoms with E-state index in [0.717, 1.165) is 6.07 Å². The van der Waals surface area contributed by atoms with Crippen LogP contribution in [0, 0.1) is 0 Å². The number of phenols is 4. The smallest absolute Gasteiger partial charge is 0.157 e. The Morgan fingerprint density at radius 1 is 0.812 bits per heavy atom. The Balaban J connectivity index is 1.70. The summed E-state index contributed by atoms with van der Waals surface area (Å²) in [4.78, 5) is 0. The van der Waals surface area contributed by atoms with Crippen molar-refractivity contribution in [1.29, 1.82) is 0 Å². The van der Waals surface area contributed by atoms with E-state index in [1.807, 2.05) is 0 Å². The van der Waals surface area contributed by atoms with Crippen LogP contribution in [0.15, 0.2) is 24.3 Å². The van der Waals surface area contributed by atoms with Gasteiger partial charge in [0.25, 0.3) is 0 Å². The Bertz CT molecular complexity index is 1010. The molecule has 2 heterocycles. The maximum atomic E-state index is 10.8. The van der Waals surface area contributed by atoms with Gasteiger partial charge in [-0.15, -0.1) is 0 Å². The third kappa shape index (κ3) is 3.58. The first-order valence-corrected chi connectivity index (χ1v) is 9.88. The van der Waals surface area contributed by atoms with Gasteiger partial charge < -0.3 is 55.4 Å². The molecule has 174 valence electrons. The topological polar surface area (TPSA) is 201 Å². The van der Waals surface area contributed by atoms with Gasteiger partial charge in [0.2, 0.25) is 0 Å². The van der Waals surface area contributed by atoms with Crippen LogP contribution in [0.4, 0.5) is 0 Å². The molecular formula is C21H24O11. The third-order valence-corrected chi connectivity index (χ3v) is 5.90. The summed E-state index contributed by atoms with van der Waals surface area (Å²) in [6.07, 6.45) is -10.1. The fraction of sp³-hybridized carbons (Fsp3) is 0.429. The SMILES string of the molecule is OC[C@H]1OC(c2c(O)cc3c(c2O)CC(O)C(c2ccc(O)c(O)c2)O3)[C@H](O)[C@@H](O)[C@@H]1O. The molecule has 0 radical (unpaired) electrons. The Labute approximate surface area is 181 Å². The molecule has 2 aliphatic rings. The van der Waals surface area contributed by atoms with Crippen molar-refractivity contribution in [2.24, 2.45) is 0 Å². The largest absolute Gasteiger partial charge is 0.507 e. The molecular weight excluding hydrogens is 428 g/mol. The quantitative estimate of drug-likeness (QED) is 0.260. The van der Waals surface area contributed by atoms with E-state index in [0.29, 0.717) is 5.56 Å². The predicted molar refractivity (Wildman–Crippen MR) is 105 cm³/mol. The average Bonchev–Trinajstić information content (AvgIpc) is 2.76. The van der Waals surface area contributed by atoms with Crippen molar-refractivity contribution in [2.75, 3.05) is 6.61 Å². The molecule has 0 saturated carbocycles. The summed E-state index contributed by atoms with van der Waals surface area (Å²) in [5.74, 6) is -1.83. The Morgan fingerprint density at radius 3 is 2.19 bits per heavy atom. The molecule has 1 fully saturated rings.